The first-order valence-electron chi connectivity index (χ1n) is 9.39. The van der Waals surface area contributed by atoms with Crippen molar-refractivity contribution < 1.29 is 14.3 Å². The highest BCUT2D eigenvalue weighted by atomic mass is 32.2. The van der Waals surface area contributed by atoms with Crippen molar-refractivity contribution in [2.45, 2.75) is 25.1 Å². The molecule has 0 saturated carbocycles. The average Bonchev–Trinajstić information content (AvgIpc) is 3.05. The predicted octanol–water partition coefficient (Wildman–Crippen LogP) is 2.12. The van der Waals surface area contributed by atoms with E-state index in [0.29, 0.717) is 11.6 Å². The molecule has 3 rings (SSSR count). The summed E-state index contributed by atoms with van der Waals surface area (Å²) in [6.45, 7) is 6.96. The summed E-state index contributed by atoms with van der Waals surface area (Å²) in [5, 5.41) is 9.06. The Morgan fingerprint density at radius 2 is 1.96 bits per heavy atom. The molecule has 0 aliphatic carbocycles. The fourth-order valence-electron chi connectivity index (χ4n) is 3.22. The van der Waals surface area contributed by atoms with E-state index in [1.165, 1.54) is 30.6 Å². The van der Waals surface area contributed by atoms with Gasteiger partial charge in [-0.3, -0.25) is 14.5 Å². The van der Waals surface area contributed by atoms with E-state index >= 15 is 0 Å². The van der Waals surface area contributed by atoms with E-state index in [-0.39, 0.29) is 11.8 Å². The number of carbonyl (C=O) groups excluding carboxylic acids is 2. The summed E-state index contributed by atoms with van der Waals surface area (Å²) in [5.41, 5.74) is 1.05. The van der Waals surface area contributed by atoms with Gasteiger partial charge in [-0.15, -0.1) is 5.10 Å². The van der Waals surface area contributed by atoms with Crippen LogP contribution in [0.5, 0.6) is 0 Å². The molecule has 2 amide bonds. The highest BCUT2D eigenvalue weighted by Gasteiger charge is 2.44. The van der Waals surface area contributed by atoms with Gasteiger partial charge in [-0.25, -0.2) is 5.01 Å². The molecule has 1 aromatic rings. The third kappa shape index (κ3) is 5.21. The number of nitrogens with zero attached hydrogens (tertiary/aromatic N) is 3. The number of amidine groups is 1. The molecule has 2 heterocycles. The molecule has 0 bridgehead atoms. The zero-order valence-corrected chi connectivity index (χ0v) is 17.1. The van der Waals surface area contributed by atoms with Gasteiger partial charge in [-0.05, 0) is 18.1 Å². The lowest BCUT2D eigenvalue weighted by Crippen LogP contribution is -2.45. The highest BCUT2D eigenvalue weighted by molar-refractivity contribution is 8.15. The number of hydrazone groups is 1. The summed E-state index contributed by atoms with van der Waals surface area (Å²) in [7, 11) is 0. The first-order valence-corrected chi connectivity index (χ1v) is 10.2. The maximum Gasteiger partial charge on any atom is 0.241 e. The topological polar surface area (TPSA) is 74.2 Å². The average molecular weight is 403 g/mol. The number of hydrogen-bond donors (Lipinski definition) is 1. The van der Waals surface area contributed by atoms with Gasteiger partial charge < -0.3 is 10.1 Å². The lowest BCUT2D eigenvalue weighted by molar-refractivity contribution is -0.131. The second kappa shape index (κ2) is 9.36. The van der Waals surface area contributed by atoms with E-state index in [0.717, 1.165) is 38.4 Å². The summed E-state index contributed by atoms with van der Waals surface area (Å²) in [5.74, 6) is -0.363. The Hall–Kier alpha value is -2.16. The Morgan fingerprint density at radius 3 is 2.61 bits per heavy atom. The lowest BCUT2D eigenvalue weighted by Gasteiger charge is -2.35. The number of thioether (sulfide) groups is 1. The van der Waals surface area contributed by atoms with Gasteiger partial charge in [0.1, 0.15) is 4.87 Å². The van der Waals surface area contributed by atoms with Crippen molar-refractivity contribution >= 4 is 34.8 Å². The molecule has 150 valence electrons. The standard InChI is InChI=1S/C20H26N4O3S/c1-16(25)21-19-22-24(17(2)26)20(28-19,9-8-18-6-4-3-5-7-18)10-11-23-12-14-27-15-13-23/h3-9H,10-15H2,1-2H3,(H,21,22,25). The summed E-state index contributed by atoms with van der Waals surface area (Å²) in [4.78, 5) is 25.6. The van der Waals surface area contributed by atoms with Gasteiger partial charge in [0.15, 0.2) is 5.17 Å². The molecular weight excluding hydrogens is 376 g/mol. The molecule has 1 unspecified atom stereocenters. The van der Waals surface area contributed by atoms with Crippen LogP contribution in [-0.2, 0) is 14.3 Å². The van der Waals surface area contributed by atoms with Crippen molar-refractivity contribution in [2.24, 2.45) is 5.10 Å². The SMILES string of the molecule is CC(=O)NC1=NN(C(C)=O)C(C=Cc2ccccc2)(CCN2CCOCC2)S1. The van der Waals surface area contributed by atoms with E-state index in [9.17, 15) is 9.59 Å². The van der Waals surface area contributed by atoms with Crippen molar-refractivity contribution in [3.63, 3.8) is 0 Å². The van der Waals surface area contributed by atoms with Gasteiger partial charge in [-0.1, -0.05) is 48.2 Å². The lowest BCUT2D eigenvalue weighted by atomic mass is 10.1. The van der Waals surface area contributed by atoms with Gasteiger partial charge in [0.2, 0.25) is 11.8 Å². The van der Waals surface area contributed by atoms with Crippen LogP contribution >= 0.6 is 11.8 Å². The smallest absolute Gasteiger partial charge is 0.241 e. The maximum absolute atomic E-state index is 12.4. The van der Waals surface area contributed by atoms with Crippen molar-refractivity contribution in [3.05, 3.63) is 42.0 Å². The van der Waals surface area contributed by atoms with Crippen LogP contribution in [0.4, 0.5) is 0 Å². The number of rotatable bonds is 5. The first-order chi connectivity index (χ1) is 13.5. The zero-order chi connectivity index (χ0) is 20.0. The Labute approximate surface area is 169 Å². The third-order valence-corrected chi connectivity index (χ3v) is 5.87. The molecular formula is C20H26N4O3S. The van der Waals surface area contributed by atoms with E-state index < -0.39 is 4.87 Å². The molecule has 7 nitrogen and oxygen atoms in total. The summed E-state index contributed by atoms with van der Waals surface area (Å²) >= 11 is 1.41. The number of ether oxygens (including phenoxy) is 1. The van der Waals surface area contributed by atoms with E-state index in [4.69, 9.17) is 4.74 Å². The minimum atomic E-state index is -0.683. The molecule has 1 saturated heterocycles. The van der Waals surface area contributed by atoms with E-state index in [1.54, 1.807) is 0 Å². The molecule has 1 fully saturated rings. The Morgan fingerprint density at radius 1 is 1.25 bits per heavy atom. The molecule has 2 aliphatic heterocycles. The minimum Gasteiger partial charge on any atom is -0.379 e. The fourth-order valence-corrected chi connectivity index (χ4v) is 4.46. The molecule has 2 aliphatic rings. The molecule has 0 radical (unpaired) electrons. The third-order valence-electron chi connectivity index (χ3n) is 4.63. The largest absolute Gasteiger partial charge is 0.379 e. The second-order valence-electron chi connectivity index (χ2n) is 6.81. The number of amides is 2. The van der Waals surface area contributed by atoms with Crippen LogP contribution in [-0.4, -0.2) is 64.6 Å². The summed E-state index contributed by atoms with van der Waals surface area (Å²) < 4.78 is 5.43. The molecule has 8 heteroatoms. The zero-order valence-electron chi connectivity index (χ0n) is 16.3. The molecule has 1 aromatic carbocycles. The van der Waals surface area contributed by atoms with Gasteiger partial charge in [0.05, 0.1) is 13.2 Å². The van der Waals surface area contributed by atoms with Gasteiger partial charge >= 0.3 is 0 Å². The Balaban J connectivity index is 1.85. The second-order valence-corrected chi connectivity index (χ2v) is 8.11. The van der Waals surface area contributed by atoms with Crippen LogP contribution in [0.25, 0.3) is 6.08 Å². The normalized spacial score (nSPS) is 23.1. The van der Waals surface area contributed by atoms with Crippen molar-refractivity contribution in [2.75, 3.05) is 32.8 Å². The van der Waals surface area contributed by atoms with Crippen molar-refractivity contribution in [1.82, 2.24) is 15.2 Å². The van der Waals surface area contributed by atoms with E-state index in [2.05, 4.69) is 15.3 Å². The quantitative estimate of drug-likeness (QED) is 0.817. The summed E-state index contributed by atoms with van der Waals surface area (Å²) in [6.07, 6.45) is 4.72. The van der Waals surface area contributed by atoms with Crippen LogP contribution in [0, 0.1) is 0 Å². The summed E-state index contributed by atoms with van der Waals surface area (Å²) in [6, 6.07) is 9.95. The van der Waals surface area contributed by atoms with E-state index in [1.807, 2.05) is 42.5 Å². The number of benzene rings is 1. The molecule has 1 N–H and O–H groups in total. The van der Waals surface area contributed by atoms with Crippen LogP contribution in [0.15, 0.2) is 41.5 Å². The first kappa shape index (κ1) is 20.6. The van der Waals surface area contributed by atoms with Crippen LogP contribution in [0.2, 0.25) is 0 Å². The van der Waals surface area contributed by atoms with Crippen LogP contribution in [0.1, 0.15) is 25.8 Å². The van der Waals surface area contributed by atoms with Gasteiger partial charge in [0.25, 0.3) is 0 Å². The molecule has 1 atom stereocenters. The number of hydrogen-bond acceptors (Lipinski definition) is 6. The van der Waals surface area contributed by atoms with Crippen LogP contribution in [0.3, 0.4) is 0 Å². The van der Waals surface area contributed by atoms with Crippen molar-refractivity contribution in [1.29, 1.82) is 0 Å². The molecule has 0 aromatic heterocycles. The van der Waals surface area contributed by atoms with Crippen molar-refractivity contribution in [3.8, 4) is 0 Å². The number of nitrogens with one attached hydrogen (secondary N) is 1. The monoisotopic (exact) mass is 402 g/mol. The number of carbonyl (C=O) groups is 2. The minimum absolute atomic E-state index is 0.160. The Kier molecular flexibility index (Phi) is 6.88. The Bertz CT molecular complexity index is 762. The van der Waals surface area contributed by atoms with Gasteiger partial charge in [0, 0.05) is 33.5 Å². The fraction of sp³-hybridized carbons (Fsp3) is 0.450. The predicted molar refractivity (Wildman–Crippen MR) is 111 cm³/mol. The van der Waals surface area contributed by atoms with Gasteiger partial charge in [-0.2, -0.15) is 0 Å². The van der Waals surface area contributed by atoms with Crippen LogP contribution < -0.4 is 5.32 Å². The maximum atomic E-state index is 12.4. The highest BCUT2D eigenvalue weighted by Crippen LogP contribution is 2.41. The molecule has 28 heavy (non-hydrogen) atoms. The number of morpholine rings is 1. The molecule has 0 spiro atoms.